The molecule has 0 aliphatic carbocycles. The molecule has 29 heavy (non-hydrogen) atoms. The Morgan fingerprint density at radius 2 is 1.03 bits per heavy atom. The minimum Gasteiger partial charge on any atom is -0.343 e. The third kappa shape index (κ3) is 22.2. The van der Waals surface area contributed by atoms with Gasteiger partial charge in [-0.3, -0.25) is 4.55 Å². The first-order valence-electron chi connectivity index (χ1n) is 11.3. The maximum Gasteiger partial charge on any atom is 1.00 e. The first kappa shape index (κ1) is 30.9. The van der Waals surface area contributed by atoms with Crippen LogP contribution in [0, 0.1) is 6.92 Å². The van der Waals surface area contributed by atoms with Crippen molar-refractivity contribution in [2.75, 3.05) is 0 Å². The molecule has 0 spiro atoms. The van der Waals surface area contributed by atoms with Gasteiger partial charge in [0.05, 0.1) is 4.90 Å². The van der Waals surface area contributed by atoms with E-state index in [-0.39, 0.29) is 23.8 Å². The van der Waals surface area contributed by atoms with Gasteiger partial charge < -0.3 is 6.92 Å². The van der Waals surface area contributed by atoms with Crippen molar-refractivity contribution in [2.24, 2.45) is 0 Å². The average molecular weight is 419 g/mol. The van der Waals surface area contributed by atoms with E-state index in [1.165, 1.54) is 108 Å². The zero-order valence-corrected chi connectivity index (χ0v) is 19.9. The second kappa shape index (κ2) is 22.4. The minimum absolute atomic E-state index is 0. The first-order chi connectivity index (χ1) is 13.5. The average Bonchev–Trinajstić information content (AvgIpc) is 2.69. The summed E-state index contributed by atoms with van der Waals surface area (Å²) in [6.07, 6.45) is 22.8. The molecule has 0 aliphatic rings. The smallest absolute Gasteiger partial charge is 0.343 e. The molecule has 0 radical (unpaired) electrons. The van der Waals surface area contributed by atoms with Crippen molar-refractivity contribution in [2.45, 2.75) is 115 Å². The fraction of sp³-hybridized carbons (Fsp3) is 0.708. The molecule has 1 aromatic rings. The zero-order valence-electron chi connectivity index (χ0n) is 19.1. The summed E-state index contributed by atoms with van der Waals surface area (Å²) in [6, 6.07) is 7.42. The number of hydrogen-bond acceptors (Lipinski definition) is 2. The summed E-state index contributed by atoms with van der Waals surface area (Å²) in [5, 5.41) is 0. The van der Waals surface area contributed by atoms with E-state index in [2.05, 4.69) is 13.8 Å². The number of unbranched alkanes of at least 4 members (excludes halogenated alkanes) is 15. The van der Waals surface area contributed by atoms with Gasteiger partial charge in [0.25, 0.3) is 10.1 Å². The zero-order chi connectivity index (χ0) is 20.9. The van der Waals surface area contributed by atoms with Gasteiger partial charge in [0.2, 0.25) is 0 Å². The molecule has 0 saturated carbocycles. The summed E-state index contributed by atoms with van der Waals surface area (Å²) in [4.78, 5) is -0.0741. The molecule has 5 heteroatoms. The molecule has 164 valence electrons. The molecule has 1 N–H and O–H groups in total. The Morgan fingerprint density at radius 3 is 1.31 bits per heavy atom. The SMILES string of the molecule is O=S(=O)(O)c1ccccc1.[CH2-]CCCCCCCCCCCCCCCCC.[Li+]. The van der Waals surface area contributed by atoms with Gasteiger partial charge in [-0.2, -0.15) is 14.8 Å². The van der Waals surface area contributed by atoms with E-state index in [1.54, 1.807) is 18.2 Å². The molecule has 0 aliphatic heterocycles. The van der Waals surface area contributed by atoms with Crippen LogP contribution in [0.5, 0.6) is 0 Å². The Labute approximate surface area is 193 Å². The van der Waals surface area contributed by atoms with Gasteiger partial charge >= 0.3 is 18.9 Å². The van der Waals surface area contributed by atoms with Gasteiger partial charge in [-0.1, -0.05) is 121 Å². The largest absolute Gasteiger partial charge is 1.00 e. The van der Waals surface area contributed by atoms with E-state index in [0.717, 1.165) is 6.42 Å². The van der Waals surface area contributed by atoms with Gasteiger partial charge in [-0.25, -0.2) is 0 Å². The fourth-order valence-electron chi connectivity index (χ4n) is 3.14. The van der Waals surface area contributed by atoms with Crippen LogP contribution in [-0.4, -0.2) is 13.0 Å². The van der Waals surface area contributed by atoms with E-state index < -0.39 is 10.1 Å². The molecule has 0 atom stereocenters. The van der Waals surface area contributed by atoms with Crippen LogP contribution in [0.1, 0.15) is 110 Å². The van der Waals surface area contributed by atoms with Crippen molar-refractivity contribution in [3.63, 3.8) is 0 Å². The van der Waals surface area contributed by atoms with Crippen molar-refractivity contribution >= 4 is 10.1 Å². The molecule has 0 aromatic heterocycles. The number of hydrogen-bond donors (Lipinski definition) is 1. The number of rotatable bonds is 16. The second-order valence-electron chi connectivity index (χ2n) is 7.59. The third-order valence-corrected chi connectivity index (χ3v) is 5.76. The van der Waals surface area contributed by atoms with Gasteiger partial charge in [-0.05, 0) is 12.1 Å². The van der Waals surface area contributed by atoms with E-state index >= 15 is 0 Å². The normalized spacial score (nSPS) is 10.7. The van der Waals surface area contributed by atoms with Gasteiger partial charge in [0, 0.05) is 0 Å². The van der Waals surface area contributed by atoms with Crippen LogP contribution in [0.4, 0.5) is 0 Å². The predicted molar refractivity (Wildman–Crippen MR) is 121 cm³/mol. The van der Waals surface area contributed by atoms with Gasteiger partial charge in [0.15, 0.2) is 0 Å². The van der Waals surface area contributed by atoms with Crippen molar-refractivity contribution in [1.29, 1.82) is 0 Å². The maximum absolute atomic E-state index is 10.4. The van der Waals surface area contributed by atoms with Crippen LogP contribution in [0.25, 0.3) is 0 Å². The molecule has 0 fully saturated rings. The topological polar surface area (TPSA) is 54.4 Å². The molecule has 3 nitrogen and oxygen atoms in total. The van der Waals surface area contributed by atoms with E-state index in [1.807, 2.05) is 0 Å². The van der Waals surface area contributed by atoms with Crippen molar-refractivity contribution in [3.05, 3.63) is 37.3 Å². The van der Waals surface area contributed by atoms with E-state index in [0.29, 0.717) is 0 Å². The standard InChI is InChI=1S/C18H37.C6H6O3S.Li/c1-3-5-7-9-11-13-15-17-18-16-14-12-10-8-6-4-2;7-10(8,9)6-4-2-1-3-5-6;/h1,3-18H2,2H3;1-5H,(H,7,8,9);/q-1;;+1. The maximum atomic E-state index is 10.4. The third-order valence-electron chi connectivity index (χ3n) is 4.89. The van der Waals surface area contributed by atoms with Crippen molar-refractivity contribution in [1.82, 2.24) is 0 Å². The van der Waals surface area contributed by atoms with Crippen LogP contribution in [0.15, 0.2) is 35.2 Å². The summed E-state index contributed by atoms with van der Waals surface area (Å²) in [6.45, 7) is 6.18. The van der Waals surface area contributed by atoms with Gasteiger partial charge in [-0.15, -0.1) is 0 Å². The Hall–Kier alpha value is -0.273. The first-order valence-corrected chi connectivity index (χ1v) is 12.8. The molecular formula is C24H43LiO3S. The summed E-state index contributed by atoms with van der Waals surface area (Å²) >= 11 is 0. The monoisotopic (exact) mass is 418 g/mol. The molecule has 1 aromatic carbocycles. The Kier molecular flexibility index (Phi) is 23.9. The fourth-order valence-corrected chi connectivity index (χ4v) is 3.64. The Bertz CT molecular complexity index is 516. The Morgan fingerprint density at radius 1 is 0.690 bits per heavy atom. The van der Waals surface area contributed by atoms with Gasteiger partial charge in [0.1, 0.15) is 0 Å². The van der Waals surface area contributed by atoms with Crippen LogP contribution in [0.2, 0.25) is 0 Å². The van der Waals surface area contributed by atoms with Crippen LogP contribution >= 0.6 is 0 Å². The van der Waals surface area contributed by atoms with Crippen LogP contribution in [-0.2, 0) is 10.1 Å². The molecule has 0 bridgehead atoms. The second-order valence-corrected chi connectivity index (χ2v) is 9.01. The Balaban J connectivity index is 0. The van der Waals surface area contributed by atoms with E-state index in [4.69, 9.17) is 4.55 Å². The summed E-state index contributed by atoms with van der Waals surface area (Å²) in [5.74, 6) is 0. The predicted octanol–water partition coefficient (Wildman–Crippen LogP) is 5.02. The van der Waals surface area contributed by atoms with Crippen molar-refractivity contribution in [3.8, 4) is 0 Å². The van der Waals surface area contributed by atoms with E-state index in [9.17, 15) is 8.42 Å². The summed E-state index contributed by atoms with van der Waals surface area (Å²) in [7, 11) is -4.00. The summed E-state index contributed by atoms with van der Waals surface area (Å²) in [5.41, 5.74) is 0. The summed E-state index contributed by atoms with van der Waals surface area (Å²) < 4.78 is 29.2. The molecule has 0 unspecified atom stereocenters. The molecule has 0 saturated heterocycles. The number of benzene rings is 1. The molecular weight excluding hydrogens is 375 g/mol. The minimum atomic E-state index is -4.00. The van der Waals surface area contributed by atoms with Crippen LogP contribution < -0.4 is 18.9 Å². The van der Waals surface area contributed by atoms with Crippen molar-refractivity contribution < 1.29 is 31.8 Å². The molecule has 0 amide bonds. The molecule has 1 rings (SSSR count). The quantitative estimate of drug-likeness (QED) is 0.177. The molecule has 0 heterocycles. The van der Waals surface area contributed by atoms with Crippen LogP contribution in [0.3, 0.4) is 0 Å².